The van der Waals surface area contributed by atoms with Crippen LogP contribution in [0.3, 0.4) is 0 Å². The lowest BCUT2D eigenvalue weighted by molar-refractivity contribution is 0.474. The van der Waals surface area contributed by atoms with Gasteiger partial charge in [0.1, 0.15) is 17.3 Å². The van der Waals surface area contributed by atoms with Crippen molar-refractivity contribution in [2.75, 3.05) is 0 Å². The van der Waals surface area contributed by atoms with Crippen LogP contribution in [0.25, 0.3) is 0 Å². The molecule has 100 valence electrons. The Morgan fingerprint density at radius 1 is 1.05 bits per heavy atom. The molecule has 0 fully saturated rings. The molecule has 0 spiro atoms. The van der Waals surface area contributed by atoms with Gasteiger partial charge in [0, 0.05) is 6.04 Å². The summed E-state index contributed by atoms with van der Waals surface area (Å²) < 4.78 is 20.1. The normalized spacial score (nSPS) is 12.3. The van der Waals surface area contributed by atoms with Crippen molar-refractivity contribution in [2.24, 2.45) is 5.73 Å². The number of hydrogen-bond acceptors (Lipinski definition) is 2. The van der Waals surface area contributed by atoms with Gasteiger partial charge >= 0.3 is 0 Å². The first-order chi connectivity index (χ1) is 8.97. The smallest absolute Gasteiger partial charge is 0.141 e. The molecular weight excluding hydrogens is 377 g/mol. The molecule has 2 nitrogen and oxygen atoms in total. The summed E-state index contributed by atoms with van der Waals surface area (Å²) in [7, 11) is 0. The van der Waals surface area contributed by atoms with Crippen molar-refractivity contribution in [3.8, 4) is 11.5 Å². The van der Waals surface area contributed by atoms with Gasteiger partial charge in [0.2, 0.25) is 0 Å². The minimum absolute atomic E-state index is 0.0390. The Kier molecular flexibility index (Phi) is 4.60. The number of halogens is 3. The standard InChI is InChI=1S/C14H12Br2FNO/c1-8(18)9-2-4-13(11(15)6-9)19-14-5-3-10(17)7-12(14)16/h2-8H,18H2,1H3. The van der Waals surface area contributed by atoms with E-state index in [9.17, 15) is 4.39 Å². The third kappa shape index (κ3) is 3.55. The van der Waals surface area contributed by atoms with Crippen LogP contribution in [0.15, 0.2) is 45.3 Å². The predicted molar refractivity (Wildman–Crippen MR) is 80.9 cm³/mol. The van der Waals surface area contributed by atoms with E-state index < -0.39 is 0 Å². The van der Waals surface area contributed by atoms with Crippen molar-refractivity contribution in [3.05, 3.63) is 56.7 Å². The van der Waals surface area contributed by atoms with Gasteiger partial charge < -0.3 is 10.5 Å². The molecule has 2 aromatic carbocycles. The Labute approximate surface area is 128 Å². The predicted octanol–water partition coefficient (Wildman–Crippen LogP) is 5.16. The maximum Gasteiger partial charge on any atom is 0.141 e. The molecule has 2 rings (SSSR count). The summed E-state index contributed by atoms with van der Waals surface area (Å²) in [5, 5.41) is 0. The molecule has 0 aliphatic carbocycles. The van der Waals surface area contributed by atoms with Crippen LogP contribution in [0.2, 0.25) is 0 Å². The zero-order valence-corrected chi connectivity index (χ0v) is 13.3. The summed E-state index contributed by atoms with van der Waals surface area (Å²) in [6.45, 7) is 1.92. The Morgan fingerprint density at radius 3 is 2.16 bits per heavy atom. The van der Waals surface area contributed by atoms with Gasteiger partial charge in [-0.25, -0.2) is 4.39 Å². The second kappa shape index (κ2) is 6.03. The van der Waals surface area contributed by atoms with Gasteiger partial charge in [0.05, 0.1) is 8.95 Å². The monoisotopic (exact) mass is 387 g/mol. The summed E-state index contributed by atoms with van der Waals surface area (Å²) in [6, 6.07) is 9.90. The van der Waals surface area contributed by atoms with Crippen LogP contribution in [0.1, 0.15) is 18.5 Å². The lowest BCUT2D eigenvalue weighted by Gasteiger charge is -2.12. The van der Waals surface area contributed by atoms with Crippen molar-refractivity contribution in [1.29, 1.82) is 0 Å². The number of nitrogens with two attached hydrogens (primary N) is 1. The van der Waals surface area contributed by atoms with Gasteiger partial charge in [-0.2, -0.15) is 0 Å². The second-order valence-electron chi connectivity index (χ2n) is 4.16. The largest absolute Gasteiger partial charge is 0.455 e. The van der Waals surface area contributed by atoms with E-state index in [2.05, 4.69) is 31.9 Å². The molecule has 0 heterocycles. The Morgan fingerprint density at radius 2 is 1.63 bits per heavy atom. The summed E-state index contributed by atoms with van der Waals surface area (Å²) in [6.07, 6.45) is 0. The summed E-state index contributed by atoms with van der Waals surface area (Å²) in [5.41, 5.74) is 6.83. The number of hydrogen-bond donors (Lipinski definition) is 1. The topological polar surface area (TPSA) is 35.2 Å². The van der Waals surface area contributed by atoms with Crippen molar-refractivity contribution in [3.63, 3.8) is 0 Å². The van der Waals surface area contributed by atoms with Crippen LogP contribution in [0.4, 0.5) is 4.39 Å². The number of rotatable bonds is 3. The van der Waals surface area contributed by atoms with Crippen LogP contribution in [0.5, 0.6) is 11.5 Å². The van der Waals surface area contributed by atoms with Crippen molar-refractivity contribution >= 4 is 31.9 Å². The molecule has 0 aliphatic rings. The molecule has 0 saturated heterocycles. The molecule has 0 aliphatic heterocycles. The molecule has 19 heavy (non-hydrogen) atoms. The van der Waals surface area contributed by atoms with E-state index in [1.54, 1.807) is 6.07 Å². The zero-order chi connectivity index (χ0) is 14.0. The van der Waals surface area contributed by atoms with E-state index in [0.717, 1.165) is 10.0 Å². The Hall–Kier alpha value is -0.910. The SMILES string of the molecule is CC(N)c1ccc(Oc2ccc(F)cc2Br)c(Br)c1. The van der Waals surface area contributed by atoms with Crippen LogP contribution in [0, 0.1) is 5.82 Å². The number of ether oxygens (including phenoxy) is 1. The van der Waals surface area contributed by atoms with Gasteiger partial charge in [0.15, 0.2) is 0 Å². The highest BCUT2D eigenvalue weighted by molar-refractivity contribution is 9.11. The van der Waals surface area contributed by atoms with E-state index in [4.69, 9.17) is 10.5 Å². The number of benzene rings is 2. The lowest BCUT2D eigenvalue weighted by atomic mass is 10.1. The minimum Gasteiger partial charge on any atom is -0.455 e. The highest BCUT2D eigenvalue weighted by Crippen LogP contribution is 2.35. The average molecular weight is 389 g/mol. The summed E-state index contributed by atoms with van der Waals surface area (Å²) in [4.78, 5) is 0. The van der Waals surface area contributed by atoms with E-state index in [0.29, 0.717) is 16.0 Å². The Bertz CT molecular complexity index is 602. The fourth-order valence-electron chi connectivity index (χ4n) is 1.56. The highest BCUT2D eigenvalue weighted by Gasteiger charge is 2.09. The maximum absolute atomic E-state index is 13.0. The maximum atomic E-state index is 13.0. The fourth-order valence-corrected chi connectivity index (χ4v) is 2.47. The van der Waals surface area contributed by atoms with E-state index in [1.807, 2.05) is 25.1 Å². The van der Waals surface area contributed by atoms with Crippen LogP contribution in [-0.4, -0.2) is 0 Å². The van der Waals surface area contributed by atoms with Gasteiger partial charge in [-0.3, -0.25) is 0 Å². The molecule has 0 aromatic heterocycles. The quantitative estimate of drug-likeness (QED) is 0.787. The lowest BCUT2D eigenvalue weighted by Crippen LogP contribution is -2.04. The third-order valence-electron chi connectivity index (χ3n) is 2.60. The first kappa shape index (κ1) is 14.5. The molecule has 1 unspecified atom stereocenters. The molecule has 2 aromatic rings. The van der Waals surface area contributed by atoms with Gasteiger partial charge in [-0.15, -0.1) is 0 Å². The van der Waals surface area contributed by atoms with Crippen LogP contribution in [-0.2, 0) is 0 Å². The molecule has 5 heteroatoms. The second-order valence-corrected chi connectivity index (χ2v) is 5.86. The van der Waals surface area contributed by atoms with E-state index in [1.165, 1.54) is 12.1 Å². The summed E-state index contributed by atoms with van der Waals surface area (Å²) >= 11 is 6.71. The zero-order valence-electron chi connectivity index (χ0n) is 10.2. The molecule has 0 radical (unpaired) electrons. The van der Waals surface area contributed by atoms with Gasteiger partial charge in [-0.1, -0.05) is 6.07 Å². The molecule has 0 bridgehead atoms. The van der Waals surface area contributed by atoms with Crippen molar-refractivity contribution < 1.29 is 9.13 Å². The average Bonchev–Trinajstić information content (AvgIpc) is 2.34. The molecule has 2 N–H and O–H groups in total. The van der Waals surface area contributed by atoms with Crippen LogP contribution >= 0.6 is 31.9 Å². The van der Waals surface area contributed by atoms with E-state index in [-0.39, 0.29) is 11.9 Å². The van der Waals surface area contributed by atoms with Gasteiger partial charge in [0.25, 0.3) is 0 Å². The third-order valence-corrected chi connectivity index (χ3v) is 3.83. The molecular formula is C14H12Br2FNO. The molecule has 0 saturated carbocycles. The molecule has 1 atom stereocenters. The van der Waals surface area contributed by atoms with Crippen LogP contribution < -0.4 is 10.5 Å². The first-order valence-electron chi connectivity index (χ1n) is 5.65. The fraction of sp³-hybridized carbons (Fsp3) is 0.143. The Balaban J connectivity index is 2.28. The highest BCUT2D eigenvalue weighted by atomic mass is 79.9. The summed E-state index contributed by atoms with van der Waals surface area (Å²) in [5.74, 6) is 0.887. The van der Waals surface area contributed by atoms with Gasteiger partial charge in [-0.05, 0) is 74.7 Å². The first-order valence-corrected chi connectivity index (χ1v) is 7.24. The molecule has 0 amide bonds. The van der Waals surface area contributed by atoms with Crippen molar-refractivity contribution in [2.45, 2.75) is 13.0 Å². The van der Waals surface area contributed by atoms with E-state index >= 15 is 0 Å². The minimum atomic E-state index is -0.314. The van der Waals surface area contributed by atoms with Crippen molar-refractivity contribution in [1.82, 2.24) is 0 Å².